The zero-order valence-corrected chi connectivity index (χ0v) is 15.6. The molecule has 2 N–H and O–H groups in total. The molecule has 3 rings (SSSR count). The van der Waals surface area contributed by atoms with Crippen molar-refractivity contribution >= 4 is 23.4 Å². The van der Waals surface area contributed by atoms with E-state index in [4.69, 9.17) is 17.3 Å². The number of ketones is 1. The van der Waals surface area contributed by atoms with Gasteiger partial charge in [-0.3, -0.25) is 4.79 Å². The maximum absolute atomic E-state index is 14.5. The molecule has 0 amide bonds. The molecule has 0 saturated carbocycles. The van der Waals surface area contributed by atoms with Crippen molar-refractivity contribution in [3.05, 3.63) is 52.1 Å². The zero-order chi connectivity index (χ0) is 21.6. The number of alkyl halides is 4. The molecule has 1 atom stereocenters. The topological polar surface area (TPSA) is 82.5 Å². The van der Waals surface area contributed by atoms with Gasteiger partial charge in [0.2, 0.25) is 0 Å². The summed E-state index contributed by atoms with van der Waals surface area (Å²) in [5, 5.41) is 3.12. The molecule has 156 valence electrons. The molecule has 1 aliphatic rings. The van der Waals surface area contributed by atoms with Crippen molar-refractivity contribution < 1.29 is 31.5 Å². The standard InChI is InChI=1S/C17H14ClF5N4O2/c1-16(17(22,23)7-29-15(24)25-16)9-4-8(2-3-11(9)19)5-12(28)13-10(18)6-27(26-13)14(20)21/h2-4,6,14H,5,7H2,1H3,(H2,24,25)/t16-/m0/s1. The zero-order valence-electron chi connectivity index (χ0n) is 14.8. The average molecular weight is 437 g/mol. The third kappa shape index (κ3) is 3.78. The van der Waals surface area contributed by atoms with Crippen LogP contribution >= 0.6 is 11.6 Å². The molecule has 29 heavy (non-hydrogen) atoms. The molecule has 2 aromatic rings. The van der Waals surface area contributed by atoms with Crippen LogP contribution < -0.4 is 5.73 Å². The summed E-state index contributed by atoms with van der Waals surface area (Å²) in [5.74, 6) is -5.32. The van der Waals surface area contributed by atoms with Crippen LogP contribution in [0.15, 0.2) is 29.4 Å². The molecule has 6 nitrogen and oxygen atoms in total. The number of rotatable bonds is 5. The number of nitrogens with zero attached hydrogens (tertiary/aromatic N) is 3. The van der Waals surface area contributed by atoms with Crippen LogP contribution in [0.5, 0.6) is 0 Å². The highest BCUT2D eigenvalue weighted by Gasteiger charge is 2.56. The van der Waals surface area contributed by atoms with Crippen molar-refractivity contribution in [1.82, 2.24) is 9.78 Å². The van der Waals surface area contributed by atoms with E-state index >= 15 is 0 Å². The Morgan fingerprint density at radius 3 is 2.72 bits per heavy atom. The van der Waals surface area contributed by atoms with Crippen LogP contribution in [0, 0.1) is 5.82 Å². The number of halogens is 6. The van der Waals surface area contributed by atoms with Crippen molar-refractivity contribution in [1.29, 1.82) is 0 Å². The van der Waals surface area contributed by atoms with Crippen LogP contribution in [0.3, 0.4) is 0 Å². The van der Waals surface area contributed by atoms with Crippen LogP contribution in [-0.4, -0.2) is 34.1 Å². The van der Waals surface area contributed by atoms with E-state index in [2.05, 4.69) is 14.8 Å². The van der Waals surface area contributed by atoms with E-state index in [1.54, 1.807) is 0 Å². The molecule has 0 fully saturated rings. The minimum atomic E-state index is -3.58. The van der Waals surface area contributed by atoms with Gasteiger partial charge in [0.15, 0.2) is 17.9 Å². The lowest BCUT2D eigenvalue weighted by Gasteiger charge is -2.37. The maximum Gasteiger partial charge on any atom is 0.333 e. The molecule has 0 radical (unpaired) electrons. The van der Waals surface area contributed by atoms with Gasteiger partial charge >= 0.3 is 12.5 Å². The fourth-order valence-corrected chi connectivity index (χ4v) is 3.12. The lowest BCUT2D eigenvalue weighted by atomic mass is 9.84. The fourth-order valence-electron chi connectivity index (χ4n) is 2.88. The second-order valence-electron chi connectivity index (χ2n) is 6.51. The van der Waals surface area contributed by atoms with Crippen LogP contribution in [-0.2, 0) is 16.7 Å². The van der Waals surface area contributed by atoms with Crippen molar-refractivity contribution in [2.75, 3.05) is 6.61 Å². The van der Waals surface area contributed by atoms with Gasteiger partial charge in [-0.15, -0.1) is 0 Å². The summed E-state index contributed by atoms with van der Waals surface area (Å²) in [4.78, 5) is 16.0. The number of aromatic nitrogens is 2. The molecule has 12 heteroatoms. The second-order valence-corrected chi connectivity index (χ2v) is 6.92. The van der Waals surface area contributed by atoms with Gasteiger partial charge in [-0.25, -0.2) is 14.1 Å². The summed E-state index contributed by atoms with van der Waals surface area (Å²) in [6.45, 7) is -3.10. The lowest BCUT2D eigenvalue weighted by Crippen LogP contribution is -2.51. The molecular weight excluding hydrogens is 423 g/mol. The Kier molecular flexibility index (Phi) is 5.28. The quantitative estimate of drug-likeness (QED) is 0.572. The number of nitrogens with two attached hydrogens (primary N) is 1. The van der Waals surface area contributed by atoms with E-state index < -0.39 is 59.9 Å². The van der Waals surface area contributed by atoms with Crippen LogP contribution in [0.2, 0.25) is 5.02 Å². The molecule has 1 aromatic carbocycles. The highest BCUT2D eigenvalue weighted by molar-refractivity contribution is 6.33. The second kappa shape index (κ2) is 7.29. The van der Waals surface area contributed by atoms with Crippen LogP contribution in [0.25, 0.3) is 0 Å². The van der Waals surface area contributed by atoms with Crippen molar-refractivity contribution in [3.63, 3.8) is 0 Å². The van der Waals surface area contributed by atoms with Gasteiger partial charge in [-0.1, -0.05) is 17.7 Å². The van der Waals surface area contributed by atoms with Crippen LogP contribution in [0.1, 0.15) is 35.1 Å². The smallest absolute Gasteiger partial charge is 0.333 e. The Morgan fingerprint density at radius 1 is 1.41 bits per heavy atom. The van der Waals surface area contributed by atoms with Crippen molar-refractivity contribution in [2.45, 2.75) is 31.4 Å². The predicted molar refractivity (Wildman–Crippen MR) is 92.8 cm³/mol. The molecule has 0 unspecified atom stereocenters. The molecule has 1 aromatic heterocycles. The van der Waals surface area contributed by atoms with E-state index in [0.29, 0.717) is 0 Å². The number of Topliss-reactive ketones (excluding diaryl/α,β-unsaturated/α-hetero) is 1. The van der Waals surface area contributed by atoms with E-state index in [-0.39, 0.29) is 15.3 Å². The average Bonchev–Trinajstić information content (AvgIpc) is 3.02. The molecule has 0 bridgehead atoms. The monoisotopic (exact) mass is 436 g/mol. The van der Waals surface area contributed by atoms with Crippen molar-refractivity contribution in [3.8, 4) is 0 Å². The Morgan fingerprint density at radius 2 is 2.10 bits per heavy atom. The van der Waals surface area contributed by atoms with E-state index in [9.17, 15) is 26.7 Å². The Hall–Kier alpha value is -2.69. The number of ether oxygens (including phenoxy) is 1. The third-order valence-electron chi connectivity index (χ3n) is 4.52. The first kappa shape index (κ1) is 21.0. The number of hydrogen-bond acceptors (Lipinski definition) is 5. The molecule has 0 saturated heterocycles. The Balaban J connectivity index is 1.96. The molecule has 0 aliphatic carbocycles. The normalized spacial score (nSPS) is 21.0. The van der Waals surface area contributed by atoms with E-state index in [1.165, 1.54) is 6.07 Å². The Labute approximate surface area is 166 Å². The SMILES string of the molecule is C[C@@]1(c2cc(CC(=O)c3nn(C(F)F)cc3Cl)ccc2F)N=C(N)OCC1(F)F. The van der Waals surface area contributed by atoms with E-state index in [1.807, 2.05) is 0 Å². The molecule has 2 heterocycles. The fraction of sp³-hybridized carbons (Fsp3) is 0.353. The summed E-state index contributed by atoms with van der Waals surface area (Å²) in [5.41, 5.74) is 2.24. The number of carbonyl (C=O) groups excluding carboxylic acids is 1. The van der Waals surface area contributed by atoms with Crippen LogP contribution in [0.4, 0.5) is 22.0 Å². The van der Waals surface area contributed by atoms with Gasteiger partial charge in [-0.2, -0.15) is 22.7 Å². The van der Waals surface area contributed by atoms with Gasteiger partial charge in [0.25, 0.3) is 6.02 Å². The number of benzene rings is 1. The Bertz CT molecular complexity index is 994. The van der Waals surface area contributed by atoms with Gasteiger partial charge in [-0.05, 0) is 24.6 Å². The maximum atomic E-state index is 14.5. The summed E-state index contributed by atoms with van der Waals surface area (Å²) >= 11 is 5.76. The highest BCUT2D eigenvalue weighted by atomic mass is 35.5. The minimum absolute atomic E-state index is 0.131. The minimum Gasteiger partial charge on any atom is -0.459 e. The van der Waals surface area contributed by atoms with Gasteiger partial charge in [0.05, 0.1) is 11.2 Å². The number of amidine groups is 1. The van der Waals surface area contributed by atoms with Gasteiger partial charge in [0.1, 0.15) is 11.5 Å². The summed E-state index contributed by atoms with van der Waals surface area (Å²) < 4.78 is 73.5. The first-order chi connectivity index (χ1) is 13.4. The van der Waals surface area contributed by atoms with Crippen molar-refractivity contribution in [2.24, 2.45) is 10.7 Å². The van der Waals surface area contributed by atoms with Gasteiger partial charge < -0.3 is 10.5 Å². The number of aliphatic imine (C=N–C) groups is 1. The lowest BCUT2D eigenvalue weighted by molar-refractivity contribution is -0.117. The molecule has 1 aliphatic heterocycles. The summed E-state index contributed by atoms with van der Waals surface area (Å²) in [7, 11) is 0. The predicted octanol–water partition coefficient (Wildman–Crippen LogP) is 3.69. The molecule has 0 spiro atoms. The van der Waals surface area contributed by atoms with Gasteiger partial charge in [0, 0.05) is 12.0 Å². The molecular formula is C17H14ClF5N4O2. The largest absolute Gasteiger partial charge is 0.459 e. The summed E-state index contributed by atoms with van der Waals surface area (Å²) in [6.07, 6.45) is 0.348. The first-order valence-electron chi connectivity index (χ1n) is 8.15. The first-order valence-corrected chi connectivity index (χ1v) is 8.53. The third-order valence-corrected chi connectivity index (χ3v) is 4.80. The number of carbonyl (C=O) groups is 1. The summed E-state index contributed by atoms with van der Waals surface area (Å²) in [6, 6.07) is 2.62. The highest BCUT2D eigenvalue weighted by Crippen LogP contribution is 2.44. The number of hydrogen-bond donors (Lipinski definition) is 1. The van der Waals surface area contributed by atoms with E-state index in [0.717, 1.165) is 25.3 Å².